The van der Waals surface area contributed by atoms with Crippen LogP contribution in [0.3, 0.4) is 0 Å². The first kappa shape index (κ1) is 12.8. The van der Waals surface area contributed by atoms with Crippen LogP contribution in [0.5, 0.6) is 0 Å². The average Bonchev–Trinajstić information content (AvgIpc) is 2.11. The molecule has 1 rings (SSSR count). The van der Waals surface area contributed by atoms with Crippen LogP contribution in [0.15, 0.2) is 0 Å². The number of alkyl carbamates (subject to hydrolysis) is 1. The number of ether oxygens (including phenoxy) is 1. The van der Waals surface area contributed by atoms with Gasteiger partial charge in [0.1, 0.15) is 11.6 Å². The highest BCUT2D eigenvalue weighted by molar-refractivity contribution is 5.92. The molecule has 1 fully saturated rings. The Morgan fingerprint density at radius 2 is 2.19 bits per heavy atom. The fourth-order valence-electron chi connectivity index (χ4n) is 1.42. The van der Waals surface area contributed by atoms with Crippen molar-refractivity contribution >= 4 is 12.0 Å². The molecular weight excluding hydrogens is 212 g/mol. The fourth-order valence-corrected chi connectivity index (χ4v) is 1.42. The van der Waals surface area contributed by atoms with Crippen molar-refractivity contribution in [2.45, 2.75) is 44.9 Å². The Bertz CT molecular complexity index is 285. The molecule has 2 unspecified atom stereocenters. The van der Waals surface area contributed by atoms with Crippen LogP contribution in [0, 0.1) is 0 Å². The Morgan fingerprint density at radius 3 is 2.62 bits per heavy atom. The van der Waals surface area contributed by atoms with Gasteiger partial charge in [-0.3, -0.25) is 4.79 Å². The molecule has 0 aromatic rings. The summed E-state index contributed by atoms with van der Waals surface area (Å²) in [5, 5.41) is 13.8. The summed E-state index contributed by atoms with van der Waals surface area (Å²) in [7, 11) is 0. The normalized spacial score (nSPS) is 24.4. The SMILES string of the molecule is CC(C)(C)OC(=O)NC1C(=O)NC1CCO. The van der Waals surface area contributed by atoms with Crippen LogP contribution >= 0.6 is 0 Å². The van der Waals surface area contributed by atoms with E-state index in [-0.39, 0.29) is 18.6 Å². The van der Waals surface area contributed by atoms with Crippen LogP contribution in [-0.2, 0) is 9.53 Å². The molecule has 0 aliphatic carbocycles. The van der Waals surface area contributed by atoms with Gasteiger partial charge in [0.05, 0.1) is 6.04 Å². The Kier molecular flexibility index (Phi) is 3.74. The van der Waals surface area contributed by atoms with E-state index in [0.29, 0.717) is 6.42 Å². The maximum absolute atomic E-state index is 11.4. The van der Waals surface area contributed by atoms with E-state index >= 15 is 0 Å². The van der Waals surface area contributed by atoms with E-state index in [9.17, 15) is 9.59 Å². The highest BCUT2D eigenvalue weighted by Gasteiger charge is 2.40. The highest BCUT2D eigenvalue weighted by Crippen LogP contribution is 2.12. The van der Waals surface area contributed by atoms with Crippen molar-refractivity contribution in [2.75, 3.05) is 6.61 Å². The summed E-state index contributed by atoms with van der Waals surface area (Å²) in [5.41, 5.74) is -0.587. The summed E-state index contributed by atoms with van der Waals surface area (Å²) in [6.07, 6.45) is -0.193. The Balaban J connectivity index is 2.41. The number of carbonyl (C=O) groups is 2. The molecular formula is C10H18N2O4. The molecule has 6 heteroatoms. The zero-order valence-electron chi connectivity index (χ0n) is 9.74. The van der Waals surface area contributed by atoms with Crippen LogP contribution in [-0.4, -0.2) is 41.4 Å². The Hall–Kier alpha value is -1.30. The van der Waals surface area contributed by atoms with E-state index in [1.807, 2.05) is 0 Å². The van der Waals surface area contributed by atoms with Crippen molar-refractivity contribution in [3.63, 3.8) is 0 Å². The summed E-state index contributed by atoms with van der Waals surface area (Å²) in [6.45, 7) is 5.22. The van der Waals surface area contributed by atoms with Gasteiger partial charge in [0, 0.05) is 6.61 Å². The van der Waals surface area contributed by atoms with Crippen LogP contribution in [0.2, 0.25) is 0 Å². The van der Waals surface area contributed by atoms with E-state index in [4.69, 9.17) is 9.84 Å². The van der Waals surface area contributed by atoms with Gasteiger partial charge in [-0.15, -0.1) is 0 Å². The lowest BCUT2D eigenvalue weighted by atomic mass is 9.96. The first-order valence-electron chi connectivity index (χ1n) is 5.24. The minimum atomic E-state index is -0.615. The zero-order valence-corrected chi connectivity index (χ0v) is 9.74. The standard InChI is InChI=1S/C10H18N2O4/c1-10(2,3)16-9(15)12-7-6(4-5-13)11-8(7)14/h6-7,13H,4-5H2,1-3H3,(H,11,14)(H,12,15). The van der Waals surface area contributed by atoms with Gasteiger partial charge >= 0.3 is 6.09 Å². The van der Waals surface area contributed by atoms with E-state index in [2.05, 4.69) is 10.6 Å². The molecule has 1 saturated heterocycles. The summed E-state index contributed by atoms with van der Waals surface area (Å²) in [5.74, 6) is -0.246. The number of β-lactam (4-membered cyclic amide) rings is 1. The minimum Gasteiger partial charge on any atom is -0.444 e. The molecule has 0 radical (unpaired) electrons. The maximum Gasteiger partial charge on any atom is 0.408 e. The van der Waals surface area contributed by atoms with Gasteiger partial charge < -0.3 is 20.5 Å². The third-order valence-electron chi connectivity index (χ3n) is 2.12. The number of amides is 2. The van der Waals surface area contributed by atoms with Crippen LogP contribution in [0.4, 0.5) is 4.79 Å². The quantitative estimate of drug-likeness (QED) is 0.584. The monoisotopic (exact) mass is 230 g/mol. The molecule has 6 nitrogen and oxygen atoms in total. The third-order valence-corrected chi connectivity index (χ3v) is 2.12. The van der Waals surface area contributed by atoms with Gasteiger partial charge in [-0.25, -0.2) is 4.79 Å². The molecule has 0 aromatic heterocycles. The number of nitrogens with one attached hydrogen (secondary N) is 2. The Labute approximate surface area is 94.3 Å². The number of carbonyl (C=O) groups excluding carboxylic acids is 2. The molecule has 0 bridgehead atoms. The van der Waals surface area contributed by atoms with Crippen molar-refractivity contribution in [1.29, 1.82) is 0 Å². The van der Waals surface area contributed by atoms with Crippen molar-refractivity contribution < 1.29 is 19.4 Å². The first-order chi connectivity index (χ1) is 7.33. The van der Waals surface area contributed by atoms with Gasteiger partial charge in [0.15, 0.2) is 0 Å². The molecule has 0 saturated carbocycles. The lowest BCUT2D eigenvalue weighted by Crippen LogP contribution is -2.69. The maximum atomic E-state index is 11.4. The lowest BCUT2D eigenvalue weighted by molar-refractivity contribution is -0.132. The van der Waals surface area contributed by atoms with Crippen molar-refractivity contribution in [3.8, 4) is 0 Å². The average molecular weight is 230 g/mol. The van der Waals surface area contributed by atoms with Gasteiger partial charge in [0.25, 0.3) is 0 Å². The summed E-state index contributed by atoms with van der Waals surface area (Å²) in [6, 6.07) is -0.799. The summed E-state index contributed by atoms with van der Waals surface area (Å²) >= 11 is 0. The smallest absolute Gasteiger partial charge is 0.408 e. The molecule has 0 aromatic carbocycles. The predicted octanol–water partition coefficient (Wildman–Crippen LogP) is -0.240. The number of hydrogen-bond donors (Lipinski definition) is 3. The number of aliphatic hydroxyl groups excluding tert-OH is 1. The van der Waals surface area contributed by atoms with Crippen LogP contribution < -0.4 is 10.6 Å². The molecule has 3 N–H and O–H groups in total. The lowest BCUT2D eigenvalue weighted by Gasteiger charge is -2.37. The molecule has 1 heterocycles. The van der Waals surface area contributed by atoms with Gasteiger partial charge in [-0.1, -0.05) is 0 Å². The highest BCUT2D eigenvalue weighted by atomic mass is 16.6. The second-order valence-corrected chi connectivity index (χ2v) is 4.75. The number of rotatable bonds is 3. The molecule has 16 heavy (non-hydrogen) atoms. The van der Waals surface area contributed by atoms with E-state index < -0.39 is 17.7 Å². The number of hydrogen-bond acceptors (Lipinski definition) is 4. The van der Waals surface area contributed by atoms with Crippen LogP contribution in [0.1, 0.15) is 27.2 Å². The largest absolute Gasteiger partial charge is 0.444 e. The minimum absolute atomic E-state index is 0.0303. The predicted molar refractivity (Wildman–Crippen MR) is 56.8 cm³/mol. The first-order valence-corrected chi connectivity index (χ1v) is 5.24. The zero-order chi connectivity index (χ0) is 12.3. The molecule has 2 amide bonds. The molecule has 2 atom stereocenters. The Morgan fingerprint density at radius 1 is 1.56 bits per heavy atom. The fraction of sp³-hybridized carbons (Fsp3) is 0.800. The van der Waals surface area contributed by atoms with E-state index in [1.165, 1.54) is 0 Å². The molecule has 1 aliphatic rings. The van der Waals surface area contributed by atoms with E-state index in [1.54, 1.807) is 20.8 Å². The van der Waals surface area contributed by atoms with Gasteiger partial charge in [0.2, 0.25) is 5.91 Å². The van der Waals surface area contributed by atoms with Gasteiger partial charge in [-0.2, -0.15) is 0 Å². The number of aliphatic hydroxyl groups is 1. The molecule has 0 spiro atoms. The second-order valence-electron chi connectivity index (χ2n) is 4.75. The van der Waals surface area contributed by atoms with Crippen molar-refractivity contribution in [3.05, 3.63) is 0 Å². The van der Waals surface area contributed by atoms with Crippen LogP contribution in [0.25, 0.3) is 0 Å². The summed E-state index contributed by atoms with van der Waals surface area (Å²) < 4.78 is 5.03. The van der Waals surface area contributed by atoms with Crippen molar-refractivity contribution in [1.82, 2.24) is 10.6 Å². The molecule has 1 aliphatic heterocycles. The topological polar surface area (TPSA) is 87.7 Å². The van der Waals surface area contributed by atoms with Crippen molar-refractivity contribution in [2.24, 2.45) is 0 Å². The summed E-state index contributed by atoms with van der Waals surface area (Å²) in [4.78, 5) is 22.5. The van der Waals surface area contributed by atoms with E-state index in [0.717, 1.165) is 0 Å². The molecule has 92 valence electrons. The second kappa shape index (κ2) is 4.69. The van der Waals surface area contributed by atoms with Gasteiger partial charge in [-0.05, 0) is 27.2 Å². The third kappa shape index (κ3) is 3.37.